The van der Waals surface area contributed by atoms with Gasteiger partial charge in [-0.05, 0) is 37.0 Å². The zero-order valence-electron chi connectivity index (χ0n) is 13.3. The van der Waals surface area contributed by atoms with Crippen molar-refractivity contribution in [3.63, 3.8) is 0 Å². The van der Waals surface area contributed by atoms with E-state index >= 15 is 0 Å². The van der Waals surface area contributed by atoms with E-state index in [0.717, 1.165) is 19.5 Å². The zero-order valence-corrected chi connectivity index (χ0v) is 13.3. The predicted molar refractivity (Wildman–Crippen MR) is 91.9 cm³/mol. The number of aryl methyl sites for hydroxylation is 2. The fraction of sp³-hybridized carbons (Fsp3) is 0.368. The highest BCUT2D eigenvalue weighted by Gasteiger charge is 2.05. The highest BCUT2D eigenvalue weighted by Crippen LogP contribution is 2.20. The Morgan fingerprint density at radius 3 is 2.43 bits per heavy atom. The molecule has 2 nitrogen and oxygen atoms in total. The van der Waals surface area contributed by atoms with Crippen LogP contribution in [0.3, 0.4) is 0 Å². The molecule has 0 radical (unpaired) electrons. The van der Waals surface area contributed by atoms with Crippen molar-refractivity contribution in [2.24, 2.45) is 0 Å². The Bertz CT molecular complexity index is 549. The second-order valence-corrected chi connectivity index (χ2v) is 5.48. The maximum Gasteiger partial charge on any atom is 0.0402 e. The second-order valence-electron chi connectivity index (χ2n) is 5.48. The summed E-state index contributed by atoms with van der Waals surface area (Å²) < 4.78 is 0. The van der Waals surface area contributed by atoms with Gasteiger partial charge in [-0.25, -0.2) is 0 Å². The molecule has 2 heteroatoms. The first-order valence-electron chi connectivity index (χ1n) is 7.83. The summed E-state index contributed by atoms with van der Waals surface area (Å²) in [6.45, 7) is 8.47. The van der Waals surface area contributed by atoms with Crippen LogP contribution in [0.4, 0.5) is 5.69 Å². The molecule has 0 spiro atoms. The number of nitrogens with one attached hydrogen (secondary N) is 2. The number of rotatable bonds is 7. The van der Waals surface area contributed by atoms with Crippen LogP contribution in [-0.2, 0) is 6.42 Å². The highest BCUT2D eigenvalue weighted by atomic mass is 15.0. The molecule has 0 saturated carbocycles. The predicted octanol–water partition coefficient (Wildman–Crippen LogP) is 4.32. The minimum atomic E-state index is 0.385. The molecule has 2 rings (SSSR count). The molecule has 1 unspecified atom stereocenters. The average molecular weight is 282 g/mol. The van der Waals surface area contributed by atoms with Crippen molar-refractivity contribution in [3.8, 4) is 0 Å². The quantitative estimate of drug-likeness (QED) is 0.739. The van der Waals surface area contributed by atoms with Gasteiger partial charge >= 0.3 is 0 Å². The lowest BCUT2D eigenvalue weighted by molar-refractivity contribution is 0.588. The van der Waals surface area contributed by atoms with Gasteiger partial charge < -0.3 is 10.6 Å². The molecule has 1 atom stereocenters. The van der Waals surface area contributed by atoms with Crippen molar-refractivity contribution in [2.75, 3.05) is 18.4 Å². The molecule has 0 aromatic heterocycles. The van der Waals surface area contributed by atoms with E-state index < -0.39 is 0 Å². The minimum Gasteiger partial charge on any atom is -0.383 e. The first-order valence-corrected chi connectivity index (χ1v) is 7.83. The maximum atomic E-state index is 3.58. The van der Waals surface area contributed by atoms with Crippen LogP contribution < -0.4 is 10.6 Å². The minimum absolute atomic E-state index is 0.385. The molecule has 2 aromatic carbocycles. The fourth-order valence-corrected chi connectivity index (χ4v) is 2.61. The van der Waals surface area contributed by atoms with Gasteiger partial charge in [-0.2, -0.15) is 0 Å². The Morgan fingerprint density at radius 2 is 1.71 bits per heavy atom. The normalized spacial score (nSPS) is 12.1. The van der Waals surface area contributed by atoms with Crippen LogP contribution in [0, 0.1) is 6.92 Å². The van der Waals surface area contributed by atoms with Crippen molar-refractivity contribution in [3.05, 3.63) is 65.2 Å². The number of benzene rings is 2. The van der Waals surface area contributed by atoms with Gasteiger partial charge in [0.25, 0.3) is 0 Å². The topological polar surface area (TPSA) is 24.1 Å². The van der Waals surface area contributed by atoms with E-state index in [1.807, 2.05) is 0 Å². The summed E-state index contributed by atoms with van der Waals surface area (Å²) in [5, 5.41) is 7.14. The third-order valence-electron chi connectivity index (χ3n) is 3.92. The molecule has 2 aromatic rings. The van der Waals surface area contributed by atoms with Gasteiger partial charge in [0, 0.05) is 24.8 Å². The van der Waals surface area contributed by atoms with Crippen LogP contribution in [0.15, 0.2) is 48.5 Å². The Hall–Kier alpha value is -1.80. The van der Waals surface area contributed by atoms with Crippen LogP contribution in [0.5, 0.6) is 0 Å². The van der Waals surface area contributed by atoms with Gasteiger partial charge in [0.1, 0.15) is 0 Å². The summed E-state index contributed by atoms with van der Waals surface area (Å²) in [5.74, 6) is 0. The molecule has 0 saturated heterocycles. The first-order chi connectivity index (χ1) is 10.2. The van der Waals surface area contributed by atoms with Crippen LogP contribution in [-0.4, -0.2) is 13.1 Å². The van der Waals surface area contributed by atoms with Crippen molar-refractivity contribution < 1.29 is 0 Å². The molecule has 0 aliphatic heterocycles. The van der Waals surface area contributed by atoms with Gasteiger partial charge in [0.15, 0.2) is 0 Å². The Balaban J connectivity index is 1.83. The van der Waals surface area contributed by atoms with Gasteiger partial charge in [-0.15, -0.1) is 0 Å². The maximum absolute atomic E-state index is 3.58. The van der Waals surface area contributed by atoms with Gasteiger partial charge in [-0.3, -0.25) is 0 Å². The van der Waals surface area contributed by atoms with E-state index in [-0.39, 0.29) is 0 Å². The molecule has 0 heterocycles. The van der Waals surface area contributed by atoms with E-state index in [0.29, 0.717) is 6.04 Å². The molecule has 21 heavy (non-hydrogen) atoms. The number of hydrogen-bond acceptors (Lipinski definition) is 2. The van der Waals surface area contributed by atoms with Crippen LogP contribution in [0.2, 0.25) is 0 Å². The third-order valence-corrected chi connectivity index (χ3v) is 3.92. The molecule has 0 aliphatic rings. The second kappa shape index (κ2) is 7.84. The molecule has 112 valence electrons. The summed E-state index contributed by atoms with van der Waals surface area (Å²) in [5.41, 5.74) is 5.35. The Kier molecular flexibility index (Phi) is 5.82. The summed E-state index contributed by atoms with van der Waals surface area (Å²) in [6.07, 6.45) is 1.07. The van der Waals surface area contributed by atoms with Crippen LogP contribution in [0.1, 0.15) is 36.6 Å². The van der Waals surface area contributed by atoms with Crippen molar-refractivity contribution in [1.29, 1.82) is 0 Å². The van der Waals surface area contributed by atoms with E-state index in [1.165, 1.54) is 22.4 Å². The Morgan fingerprint density at radius 1 is 0.952 bits per heavy atom. The summed E-state index contributed by atoms with van der Waals surface area (Å²) in [4.78, 5) is 0. The lowest BCUT2D eigenvalue weighted by atomic mass is 10.1. The van der Waals surface area contributed by atoms with Crippen molar-refractivity contribution >= 4 is 5.69 Å². The monoisotopic (exact) mass is 282 g/mol. The van der Waals surface area contributed by atoms with E-state index in [2.05, 4.69) is 79.9 Å². The lowest BCUT2D eigenvalue weighted by Crippen LogP contribution is -2.25. The van der Waals surface area contributed by atoms with E-state index in [1.54, 1.807) is 0 Å². The summed E-state index contributed by atoms with van der Waals surface area (Å²) in [6, 6.07) is 17.5. The standard InChI is InChI=1S/C19H26N2/c1-4-17-12-8-9-15(2)19(17)21-14-13-20-16(3)18-10-6-5-7-11-18/h5-12,16,20-21H,4,13-14H2,1-3H3. The third kappa shape index (κ3) is 4.33. The number of hydrogen-bond donors (Lipinski definition) is 2. The summed E-state index contributed by atoms with van der Waals surface area (Å²) >= 11 is 0. The van der Waals surface area contributed by atoms with Crippen molar-refractivity contribution in [2.45, 2.75) is 33.2 Å². The molecule has 0 fully saturated rings. The van der Waals surface area contributed by atoms with E-state index in [4.69, 9.17) is 0 Å². The SMILES string of the molecule is CCc1cccc(C)c1NCCNC(C)c1ccccc1. The molecular formula is C19H26N2. The summed E-state index contributed by atoms with van der Waals surface area (Å²) in [7, 11) is 0. The van der Waals surface area contributed by atoms with Gasteiger partial charge in [0.05, 0.1) is 0 Å². The molecule has 2 N–H and O–H groups in total. The van der Waals surface area contributed by atoms with E-state index in [9.17, 15) is 0 Å². The smallest absolute Gasteiger partial charge is 0.0402 e. The molecular weight excluding hydrogens is 256 g/mol. The van der Waals surface area contributed by atoms with Gasteiger partial charge in [0.2, 0.25) is 0 Å². The fourth-order valence-electron chi connectivity index (χ4n) is 2.61. The number of anilines is 1. The molecule has 0 bridgehead atoms. The van der Waals surface area contributed by atoms with Crippen LogP contribution in [0.25, 0.3) is 0 Å². The van der Waals surface area contributed by atoms with Gasteiger partial charge in [-0.1, -0.05) is 55.5 Å². The average Bonchev–Trinajstić information content (AvgIpc) is 2.53. The molecule has 0 aliphatic carbocycles. The largest absolute Gasteiger partial charge is 0.383 e. The Labute approximate surface area is 128 Å². The lowest BCUT2D eigenvalue weighted by Gasteiger charge is -2.17. The van der Waals surface area contributed by atoms with Crippen molar-refractivity contribution in [1.82, 2.24) is 5.32 Å². The number of para-hydroxylation sites is 1. The van der Waals surface area contributed by atoms with Crippen LogP contribution >= 0.6 is 0 Å². The zero-order chi connectivity index (χ0) is 15.1. The first kappa shape index (κ1) is 15.6. The molecule has 0 amide bonds. The highest BCUT2D eigenvalue weighted by molar-refractivity contribution is 5.57.